The van der Waals surface area contributed by atoms with Crippen LogP contribution < -0.4 is 5.73 Å². The van der Waals surface area contributed by atoms with E-state index in [4.69, 9.17) is 10.5 Å². The molecule has 2 nitrogen and oxygen atoms in total. The van der Waals surface area contributed by atoms with Crippen molar-refractivity contribution in [3.63, 3.8) is 0 Å². The van der Waals surface area contributed by atoms with Crippen molar-refractivity contribution < 1.29 is 4.79 Å². The molecule has 0 aromatic heterocycles. The summed E-state index contributed by atoms with van der Waals surface area (Å²) in [6, 6.07) is 0. The lowest BCUT2D eigenvalue weighted by atomic mass is 10.0. The second-order valence-corrected chi connectivity index (χ2v) is 3.79. The zero-order valence-corrected chi connectivity index (χ0v) is 10.6. The fourth-order valence-electron chi connectivity index (χ4n) is 1.81. The number of allylic oxidation sites excluding steroid dienone is 6. The number of aldehydes is 1. The highest BCUT2D eigenvalue weighted by molar-refractivity contribution is 5.62. The van der Waals surface area contributed by atoms with Crippen molar-refractivity contribution in [1.29, 1.82) is 0 Å². The van der Waals surface area contributed by atoms with Gasteiger partial charge in [0.1, 0.15) is 6.29 Å². The Bertz CT molecular complexity index is 327. The van der Waals surface area contributed by atoms with Gasteiger partial charge in [0, 0.05) is 5.70 Å². The molecule has 1 rings (SSSR count). The van der Waals surface area contributed by atoms with E-state index >= 15 is 0 Å². The van der Waals surface area contributed by atoms with Crippen LogP contribution in [0.25, 0.3) is 0 Å². The average molecular weight is 207 g/mol. The first kappa shape index (κ1) is 13.7. The number of hydrogen-bond donors (Lipinski definition) is 1. The third-order valence-corrected chi connectivity index (χ3v) is 2.83. The smallest absolute Gasteiger partial charge is 0.116 e. The quantitative estimate of drug-likeness (QED) is 0.620. The van der Waals surface area contributed by atoms with Gasteiger partial charge < -0.3 is 10.5 Å². The van der Waals surface area contributed by atoms with Gasteiger partial charge in [0.2, 0.25) is 0 Å². The van der Waals surface area contributed by atoms with Crippen LogP contribution in [0.15, 0.2) is 33.6 Å². The Morgan fingerprint density at radius 2 is 1.27 bits per heavy atom. The summed E-state index contributed by atoms with van der Waals surface area (Å²) in [7, 11) is 0. The van der Waals surface area contributed by atoms with E-state index in [1.54, 1.807) is 0 Å². The van der Waals surface area contributed by atoms with Crippen LogP contribution in [0.4, 0.5) is 0 Å². The maximum atomic E-state index is 8.81. The topological polar surface area (TPSA) is 43.1 Å². The van der Waals surface area contributed by atoms with Crippen LogP contribution in [-0.2, 0) is 4.79 Å². The number of rotatable bonds is 0. The van der Waals surface area contributed by atoms with E-state index in [1.165, 1.54) is 34.8 Å². The molecule has 0 saturated heterocycles. The van der Waals surface area contributed by atoms with Crippen LogP contribution in [0.5, 0.6) is 0 Å². The highest BCUT2D eigenvalue weighted by Gasteiger charge is 2.18. The van der Waals surface area contributed by atoms with Gasteiger partial charge in [0.05, 0.1) is 0 Å². The van der Waals surface area contributed by atoms with Gasteiger partial charge in [-0.1, -0.05) is 0 Å². The molecular weight excluding hydrogens is 186 g/mol. The largest absolute Gasteiger partial charge is 0.402 e. The summed E-state index contributed by atoms with van der Waals surface area (Å²) in [5, 5.41) is 0. The van der Waals surface area contributed by atoms with Crippen molar-refractivity contribution in [2.24, 2.45) is 5.73 Å². The summed E-state index contributed by atoms with van der Waals surface area (Å²) in [6.45, 7) is 12.0. The van der Waals surface area contributed by atoms with Crippen molar-refractivity contribution in [1.82, 2.24) is 0 Å². The lowest BCUT2D eigenvalue weighted by molar-refractivity contribution is -0.106. The Morgan fingerprint density at radius 3 is 1.40 bits per heavy atom. The molecule has 2 heteroatoms. The summed E-state index contributed by atoms with van der Waals surface area (Å²) in [5.74, 6) is 0. The molecule has 0 aromatic carbocycles. The van der Waals surface area contributed by atoms with Crippen LogP contribution in [0.3, 0.4) is 0 Å². The highest BCUT2D eigenvalue weighted by atomic mass is 16.1. The van der Waals surface area contributed by atoms with E-state index in [0.717, 1.165) is 12.0 Å². The third-order valence-electron chi connectivity index (χ3n) is 2.83. The summed E-state index contributed by atoms with van der Waals surface area (Å²) in [4.78, 5) is 8.81. The fraction of sp³-hybridized carbons (Fsp3) is 0.462. The van der Waals surface area contributed by atoms with Gasteiger partial charge in [0.15, 0.2) is 0 Å². The summed E-state index contributed by atoms with van der Waals surface area (Å²) in [6.07, 6.45) is 0.750. The number of nitrogens with two attached hydrogens (primary N) is 1. The first-order valence-electron chi connectivity index (χ1n) is 5.10. The molecule has 84 valence electrons. The lowest BCUT2D eigenvalue weighted by Crippen LogP contribution is -1.98. The van der Waals surface area contributed by atoms with Gasteiger partial charge in [-0.05, 0) is 69.4 Å². The molecule has 0 fully saturated rings. The summed E-state index contributed by atoms with van der Waals surface area (Å²) < 4.78 is 0. The third kappa shape index (κ3) is 2.82. The molecule has 0 atom stereocenters. The van der Waals surface area contributed by atoms with Gasteiger partial charge in [-0.25, -0.2) is 0 Å². The molecule has 0 saturated carbocycles. The monoisotopic (exact) mass is 207 g/mol. The normalized spacial score (nSPS) is 15.2. The minimum atomic E-state index is 0.750. The number of hydrogen-bond acceptors (Lipinski definition) is 2. The minimum Gasteiger partial charge on any atom is -0.402 e. The second kappa shape index (κ2) is 5.54. The van der Waals surface area contributed by atoms with Gasteiger partial charge >= 0.3 is 0 Å². The van der Waals surface area contributed by atoms with E-state index in [2.05, 4.69) is 27.7 Å². The SMILES string of the molecule is CC(N)=C1C(C)=C(C)C(C)=C1C.CC=O. The van der Waals surface area contributed by atoms with Crippen molar-refractivity contribution in [3.05, 3.63) is 33.6 Å². The van der Waals surface area contributed by atoms with Crippen LogP contribution in [0.1, 0.15) is 41.5 Å². The molecule has 0 unspecified atom stereocenters. The molecule has 0 radical (unpaired) electrons. The van der Waals surface area contributed by atoms with Gasteiger partial charge in [-0.15, -0.1) is 0 Å². The van der Waals surface area contributed by atoms with Crippen molar-refractivity contribution in [3.8, 4) is 0 Å². The minimum absolute atomic E-state index is 0.750. The first-order valence-corrected chi connectivity index (χ1v) is 5.10. The molecule has 1 aliphatic rings. The molecule has 0 bridgehead atoms. The van der Waals surface area contributed by atoms with E-state index < -0.39 is 0 Å². The predicted octanol–water partition coefficient (Wildman–Crippen LogP) is 3.11. The lowest BCUT2D eigenvalue weighted by Gasteiger charge is -2.05. The molecule has 0 amide bonds. The Morgan fingerprint density at radius 1 is 1.00 bits per heavy atom. The average Bonchev–Trinajstić information content (AvgIpc) is 2.32. The molecule has 15 heavy (non-hydrogen) atoms. The van der Waals surface area contributed by atoms with Crippen LogP contribution in [0, 0.1) is 0 Å². The molecule has 0 spiro atoms. The Kier molecular flexibility index (Phi) is 5.06. The molecule has 2 N–H and O–H groups in total. The van der Waals surface area contributed by atoms with E-state index in [9.17, 15) is 0 Å². The van der Waals surface area contributed by atoms with Gasteiger partial charge in [-0.2, -0.15) is 0 Å². The molecule has 0 heterocycles. The van der Waals surface area contributed by atoms with Crippen LogP contribution in [-0.4, -0.2) is 6.29 Å². The van der Waals surface area contributed by atoms with E-state index in [0.29, 0.717) is 0 Å². The number of carbonyl (C=O) groups excluding carboxylic acids is 1. The zero-order chi connectivity index (χ0) is 12.2. The van der Waals surface area contributed by atoms with Gasteiger partial charge in [0.25, 0.3) is 0 Å². The zero-order valence-electron chi connectivity index (χ0n) is 10.6. The predicted molar refractivity (Wildman–Crippen MR) is 65.4 cm³/mol. The second-order valence-electron chi connectivity index (χ2n) is 3.79. The molecular formula is C13H21NO. The molecule has 1 aliphatic carbocycles. The van der Waals surface area contributed by atoms with E-state index in [-0.39, 0.29) is 0 Å². The summed E-state index contributed by atoms with van der Waals surface area (Å²) in [5.41, 5.74) is 13.4. The standard InChI is InChI=1S/C11H17N.C2H4O/c1-6-7(2)9(4)11(8(6)3)10(5)12;1-2-3/h12H2,1-5H3;2H,1H3. The highest BCUT2D eigenvalue weighted by Crippen LogP contribution is 2.36. The fourth-order valence-corrected chi connectivity index (χ4v) is 1.81. The maximum absolute atomic E-state index is 8.81. The Balaban J connectivity index is 0.000000583. The van der Waals surface area contributed by atoms with Crippen molar-refractivity contribution in [2.75, 3.05) is 0 Å². The first-order chi connectivity index (χ1) is 6.88. The van der Waals surface area contributed by atoms with Crippen molar-refractivity contribution in [2.45, 2.75) is 41.5 Å². The summed E-state index contributed by atoms with van der Waals surface area (Å²) >= 11 is 0. The van der Waals surface area contributed by atoms with Crippen molar-refractivity contribution >= 4 is 6.29 Å². The molecule has 0 aromatic rings. The Labute approximate surface area is 92.6 Å². The molecule has 0 aliphatic heterocycles. The maximum Gasteiger partial charge on any atom is 0.116 e. The Hall–Kier alpha value is -1.31. The number of carbonyl (C=O) groups is 1. The van der Waals surface area contributed by atoms with Crippen LogP contribution in [0.2, 0.25) is 0 Å². The van der Waals surface area contributed by atoms with Gasteiger partial charge in [-0.3, -0.25) is 0 Å². The van der Waals surface area contributed by atoms with E-state index in [1.807, 2.05) is 6.92 Å². The van der Waals surface area contributed by atoms with Crippen LogP contribution >= 0.6 is 0 Å².